The second kappa shape index (κ2) is 5.34. The maximum absolute atomic E-state index is 13.4. The molecule has 0 aliphatic carbocycles. The molecule has 1 aromatic heterocycles. The predicted octanol–water partition coefficient (Wildman–Crippen LogP) is 3.87. The fraction of sp³-hybridized carbons (Fsp3) is 0. The Morgan fingerprint density at radius 2 is 2.05 bits per heavy atom. The number of aromatic carboxylic acids is 1. The molecular formula is C14H9FN2O2S2. The molecule has 3 aromatic rings. The van der Waals surface area contributed by atoms with Gasteiger partial charge in [-0.2, -0.15) is 0 Å². The van der Waals surface area contributed by atoms with Crippen LogP contribution in [0.25, 0.3) is 10.2 Å². The Labute approximate surface area is 127 Å². The van der Waals surface area contributed by atoms with Crippen molar-refractivity contribution in [1.29, 1.82) is 0 Å². The molecule has 7 heteroatoms. The smallest absolute Gasteiger partial charge is 0.339 e. The zero-order chi connectivity index (χ0) is 15.0. The Morgan fingerprint density at radius 1 is 1.29 bits per heavy atom. The monoisotopic (exact) mass is 320 g/mol. The van der Waals surface area contributed by atoms with Gasteiger partial charge in [0.1, 0.15) is 5.82 Å². The number of halogens is 1. The van der Waals surface area contributed by atoms with Gasteiger partial charge in [0.25, 0.3) is 0 Å². The summed E-state index contributed by atoms with van der Waals surface area (Å²) in [6.07, 6.45) is 0. The molecular weight excluding hydrogens is 311 g/mol. The van der Waals surface area contributed by atoms with Crippen molar-refractivity contribution in [2.45, 2.75) is 9.24 Å². The summed E-state index contributed by atoms with van der Waals surface area (Å²) in [5.74, 6) is -1.99. The van der Waals surface area contributed by atoms with E-state index in [1.54, 1.807) is 0 Å². The van der Waals surface area contributed by atoms with Crippen LogP contribution in [0, 0.1) is 5.82 Å². The summed E-state index contributed by atoms with van der Waals surface area (Å²) in [5, 5.41) is 9.21. The van der Waals surface area contributed by atoms with Gasteiger partial charge in [-0.05, 0) is 24.3 Å². The van der Waals surface area contributed by atoms with Crippen LogP contribution in [-0.4, -0.2) is 16.1 Å². The number of nitrogen functional groups attached to an aromatic ring is 1. The molecule has 0 bridgehead atoms. The van der Waals surface area contributed by atoms with Crippen LogP contribution in [0.5, 0.6) is 0 Å². The van der Waals surface area contributed by atoms with Crippen LogP contribution >= 0.6 is 23.1 Å². The minimum atomic E-state index is -1.25. The van der Waals surface area contributed by atoms with Gasteiger partial charge in [0.05, 0.1) is 21.5 Å². The Balaban J connectivity index is 2.05. The first-order chi connectivity index (χ1) is 10.1. The predicted molar refractivity (Wildman–Crippen MR) is 81.5 cm³/mol. The number of nitrogens with zero attached hydrogens (tertiary/aromatic N) is 1. The molecule has 3 rings (SSSR count). The van der Waals surface area contributed by atoms with Gasteiger partial charge in [0, 0.05) is 4.90 Å². The first-order valence-corrected chi connectivity index (χ1v) is 7.54. The van der Waals surface area contributed by atoms with Crippen LogP contribution in [0.1, 0.15) is 10.4 Å². The molecule has 0 fully saturated rings. The largest absolute Gasteiger partial charge is 0.478 e. The van der Waals surface area contributed by atoms with Crippen LogP contribution < -0.4 is 5.73 Å². The number of hydrogen-bond acceptors (Lipinski definition) is 5. The van der Waals surface area contributed by atoms with Gasteiger partial charge in [-0.1, -0.05) is 23.9 Å². The molecule has 0 saturated carbocycles. The quantitative estimate of drug-likeness (QED) is 0.717. The fourth-order valence-electron chi connectivity index (χ4n) is 1.87. The van der Waals surface area contributed by atoms with Gasteiger partial charge >= 0.3 is 5.97 Å². The van der Waals surface area contributed by atoms with Crippen molar-refractivity contribution in [3.8, 4) is 0 Å². The molecule has 3 N–H and O–H groups in total. The number of anilines is 1. The minimum absolute atomic E-state index is 0.223. The number of carbonyl (C=O) groups is 1. The lowest BCUT2D eigenvalue weighted by Crippen LogP contribution is -2.06. The van der Waals surface area contributed by atoms with Crippen LogP contribution in [-0.2, 0) is 0 Å². The molecule has 0 amide bonds. The number of benzene rings is 2. The molecule has 0 saturated heterocycles. The van der Waals surface area contributed by atoms with E-state index in [0.29, 0.717) is 9.24 Å². The highest BCUT2D eigenvalue weighted by Gasteiger charge is 2.19. The average molecular weight is 320 g/mol. The number of fused-ring (bicyclic) bond motifs is 1. The number of para-hydroxylation sites is 1. The zero-order valence-corrected chi connectivity index (χ0v) is 12.2. The first-order valence-electron chi connectivity index (χ1n) is 5.91. The molecule has 2 aromatic carbocycles. The summed E-state index contributed by atoms with van der Waals surface area (Å²) in [7, 11) is 0. The molecule has 0 radical (unpaired) electrons. The molecule has 1 heterocycles. The Morgan fingerprint density at radius 3 is 2.76 bits per heavy atom. The molecule has 0 atom stereocenters. The summed E-state index contributed by atoms with van der Waals surface area (Å²) in [6, 6.07) is 10.2. The van der Waals surface area contributed by atoms with E-state index in [0.717, 1.165) is 16.3 Å². The summed E-state index contributed by atoms with van der Waals surface area (Å²) >= 11 is 2.62. The summed E-state index contributed by atoms with van der Waals surface area (Å²) in [4.78, 5) is 16.1. The highest BCUT2D eigenvalue weighted by atomic mass is 32.2. The topological polar surface area (TPSA) is 76.2 Å². The van der Waals surface area contributed by atoms with Crippen LogP contribution in [0.15, 0.2) is 45.6 Å². The standard InChI is InChI=1S/C14H9FN2O2S2/c15-7-5-6-10(11(12(7)16)13(18)19)21-14-17-8-3-1-2-4-9(8)20-14/h1-6H,16H2,(H,18,19). The van der Waals surface area contributed by atoms with Crippen molar-refractivity contribution < 1.29 is 14.3 Å². The van der Waals surface area contributed by atoms with Crippen molar-refractivity contribution in [3.05, 3.63) is 47.8 Å². The molecule has 21 heavy (non-hydrogen) atoms. The Hall–Kier alpha value is -2.12. The highest BCUT2D eigenvalue weighted by molar-refractivity contribution is 8.01. The number of thiazole rings is 1. The van der Waals surface area contributed by atoms with E-state index in [1.807, 2.05) is 24.3 Å². The van der Waals surface area contributed by atoms with Gasteiger partial charge in [-0.15, -0.1) is 11.3 Å². The van der Waals surface area contributed by atoms with Crippen LogP contribution in [0.2, 0.25) is 0 Å². The molecule has 4 nitrogen and oxygen atoms in total. The highest BCUT2D eigenvalue weighted by Crippen LogP contribution is 2.37. The third kappa shape index (κ3) is 2.57. The van der Waals surface area contributed by atoms with Crippen molar-refractivity contribution in [1.82, 2.24) is 4.98 Å². The van der Waals surface area contributed by atoms with Crippen LogP contribution in [0.4, 0.5) is 10.1 Å². The lowest BCUT2D eigenvalue weighted by atomic mass is 10.2. The van der Waals surface area contributed by atoms with Gasteiger partial charge in [-0.3, -0.25) is 0 Å². The molecule has 0 unspecified atom stereocenters. The Bertz CT molecular complexity index is 815. The number of rotatable bonds is 3. The summed E-state index contributed by atoms with van der Waals surface area (Å²) in [5.41, 5.74) is 5.80. The van der Waals surface area contributed by atoms with Crippen LogP contribution in [0.3, 0.4) is 0 Å². The van der Waals surface area contributed by atoms with Gasteiger partial charge in [0.2, 0.25) is 0 Å². The van der Waals surface area contributed by atoms with E-state index in [2.05, 4.69) is 4.98 Å². The first kappa shape index (κ1) is 13.8. The second-order valence-corrected chi connectivity index (χ2v) is 6.51. The lowest BCUT2D eigenvalue weighted by molar-refractivity contribution is 0.0694. The number of hydrogen-bond donors (Lipinski definition) is 2. The van der Waals surface area contributed by atoms with Gasteiger partial charge in [0.15, 0.2) is 4.34 Å². The minimum Gasteiger partial charge on any atom is -0.478 e. The third-order valence-corrected chi connectivity index (χ3v) is 5.00. The second-order valence-electron chi connectivity index (χ2n) is 4.19. The molecule has 0 aliphatic rings. The van der Waals surface area contributed by atoms with Crippen molar-refractivity contribution in [3.63, 3.8) is 0 Å². The van der Waals surface area contributed by atoms with E-state index in [4.69, 9.17) is 5.73 Å². The van der Waals surface area contributed by atoms with Gasteiger partial charge in [-0.25, -0.2) is 14.2 Å². The number of aromatic nitrogens is 1. The maximum atomic E-state index is 13.4. The third-order valence-electron chi connectivity index (χ3n) is 2.84. The van der Waals surface area contributed by atoms with E-state index in [-0.39, 0.29) is 11.3 Å². The summed E-state index contributed by atoms with van der Waals surface area (Å²) in [6.45, 7) is 0. The zero-order valence-electron chi connectivity index (χ0n) is 10.5. The SMILES string of the molecule is Nc1c(F)ccc(Sc2nc3ccccc3s2)c1C(=O)O. The van der Waals surface area contributed by atoms with Gasteiger partial charge < -0.3 is 10.8 Å². The van der Waals surface area contributed by atoms with E-state index >= 15 is 0 Å². The normalized spacial score (nSPS) is 10.9. The average Bonchev–Trinajstić information content (AvgIpc) is 2.85. The van der Waals surface area contributed by atoms with E-state index in [1.165, 1.54) is 29.2 Å². The number of nitrogens with two attached hydrogens (primary N) is 1. The lowest BCUT2D eigenvalue weighted by Gasteiger charge is -2.07. The van der Waals surface area contributed by atoms with Crippen molar-refractivity contribution in [2.24, 2.45) is 0 Å². The van der Waals surface area contributed by atoms with E-state index < -0.39 is 11.8 Å². The van der Waals surface area contributed by atoms with E-state index in [9.17, 15) is 14.3 Å². The maximum Gasteiger partial charge on any atom is 0.339 e. The molecule has 0 aliphatic heterocycles. The van der Waals surface area contributed by atoms with Crippen molar-refractivity contribution in [2.75, 3.05) is 5.73 Å². The molecule has 0 spiro atoms. The van der Waals surface area contributed by atoms with Crippen molar-refractivity contribution >= 4 is 45.0 Å². The Kier molecular flexibility index (Phi) is 3.52. The number of carboxylic acids is 1. The molecule has 106 valence electrons. The summed E-state index contributed by atoms with van der Waals surface area (Å²) < 4.78 is 15.1. The number of carboxylic acid groups (broad SMARTS) is 1. The fourth-order valence-corrected chi connectivity index (χ4v) is 4.04.